The van der Waals surface area contributed by atoms with E-state index in [0.717, 1.165) is 37.0 Å². The van der Waals surface area contributed by atoms with Gasteiger partial charge in [0.25, 0.3) is 0 Å². The van der Waals surface area contributed by atoms with Crippen LogP contribution in [0.25, 0.3) is 0 Å². The van der Waals surface area contributed by atoms with E-state index in [9.17, 15) is 0 Å². The van der Waals surface area contributed by atoms with E-state index in [1.165, 1.54) is 31.2 Å². The quantitative estimate of drug-likeness (QED) is 0.935. The van der Waals surface area contributed by atoms with Crippen LogP contribution in [0.1, 0.15) is 38.2 Å². The third-order valence-electron chi connectivity index (χ3n) is 4.10. The van der Waals surface area contributed by atoms with E-state index in [1.807, 2.05) is 6.07 Å². The van der Waals surface area contributed by atoms with Gasteiger partial charge in [0.05, 0.1) is 6.20 Å². The summed E-state index contributed by atoms with van der Waals surface area (Å²) in [5.74, 6) is 1.50. The number of para-hydroxylation sites is 1. The maximum Gasteiger partial charge on any atom is 0.247 e. The molecule has 1 aliphatic heterocycles. The number of nitrogens with zero attached hydrogens (tertiary/aromatic N) is 4. The Morgan fingerprint density at radius 2 is 1.86 bits per heavy atom. The lowest BCUT2D eigenvalue weighted by atomic mass is 10.1. The van der Waals surface area contributed by atoms with Gasteiger partial charge in [0.2, 0.25) is 5.95 Å². The van der Waals surface area contributed by atoms with Crippen LogP contribution in [-0.2, 0) is 6.42 Å². The molecule has 0 spiro atoms. The van der Waals surface area contributed by atoms with E-state index in [-0.39, 0.29) is 0 Å². The topological polar surface area (TPSA) is 53.9 Å². The van der Waals surface area contributed by atoms with Gasteiger partial charge in [0, 0.05) is 18.8 Å². The Morgan fingerprint density at radius 3 is 2.64 bits per heavy atom. The third-order valence-corrected chi connectivity index (χ3v) is 4.10. The van der Waals surface area contributed by atoms with E-state index in [4.69, 9.17) is 0 Å². The van der Waals surface area contributed by atoms with Crippen LogP contribution in [0.4, 0.5) is 17.5 Å². The molecule has 1 aliphatic rings. The molecule has 3 rings (SSSR count). The molecule has 2 aromatic rings. The Labute approximate surface area is 131 Å². The fourth-order valence-electron chi connectivity index (χ4n) is 2.85. The van der Waals surface area contributed by atoms with E-state index in [2.05, 4.69) is 50.5 Å². The van der Waals surface area contributed by atoms with Gasteiger partial charge in [-0.05, 0) is 30.9 Å². The average Bonchev–Trinajstić information content (AvgIpc) is 2.85. The monoisotopic (exact) mass is 297 g/mol. The molecule has 0 aliphatic carbocycles. The molecule has 116 valence electrons. The number of hydrogen-bond donors (Lipinski definition) is 1. The summed E-state index contributed by atoms with van der Waals surface area (Å²) in [5, 5.41) is 11.7. The molecular formula is C17H23N5. The second kappa shape index (κ2) is 7.20. The molecule has 22 heavy (non-hydrogen) atoms. The maximum atomic E-state index is 4.65. The first-order valence-corrected chi connectivity index (χ1v) is 8.16. The Kier molecular flexibility index (Phi) is 4.83. The molecule has 1 N–H and O–H groups in total. The normalized spacial score (nSPS) is 15.4. The van der Waals surface area contributed by atoms with Crippen molar-refractivity contribution < 1.29 is 0 Å². The third kappa shape index (κ3) is 3.53. The summed E-state index contributed by atoms with van der Waals surface area (Å²) < 4.78 is 0. The summed E-state index contributed by atoms with van der Waals surface area (Å²) in [6.07, 6.45) is 7.69. The molecule has 1 saturated heterocycles. The van der Waals surface area contributed by atoms with Gasteiger partial charge in [-0.25, -0.2) is 0 Å². The zero-order valence-electron chi connectivity index (χ0n) is 13.1. The molecule has 0 atom stereocenters. The van der Waals surface area contributed by atoms with Crippen molar-refractivity contribution in [3.05, 3.63) is 36.0 Å². The van der Waals surface area contributed by atoms with Crippen molar-refractivity contribution >= 4 is 17.5 Å². The maximum absolute atomic E-state index is 4.65. The highest BCUT2D eigenvalue weighted by molar-refractivity contribution is 5.60. The Bertz CT molecular complexity index is 606. The molecule has 0 amide bonds. The lowest BCUT2D eigenvalue weighted by Gasteiger charge is -2.20. The Balaban J connectivity index is 1.78. The van der Waals surface area contributed by atoms with Crippen LogP contribution in [0.5, 0.6) is 0 Å². The lowest BCUT2D eigenvalue weighted by molar-refractivity contribution is 0.726. The van der Waals surface area contributed by atoms with Crippen LogP contribution in [0.3, 0.4) is 0 Å². The minimum Gasteiger partial charge on any atom is -0.339 e. The van der Waals surface area contributed by atoms with E-state index in [1.54, 1.807) is 6.20 Å². The molecule has 0 unspecified atom stereocenters. The first-order chi connectivity index (χ1) is 10.9. The first kappa shape index (κ1) is 14.8. The molecule has 1 aromatic carbocycles. The SMILES string of the molecule is CCc1ccccc1Nc1cnnc(N2CCCCCC2)n1. The van der Waals surface area contributed by atoms with Gasteiger partial charge in [-0.2, -0.15) is 10.1 Å². The number of aromatic nitrogens is 3. The molecule has 0 radical (unpaired) electrons. The number of benzene rings is 1. The number of rotatable bonds is 4. The number of anilines is 3. The number of hydrogen-bond acceptors (Lipinski definition) is 5. The summed E-state index contributed by atoms with van der Waals surface area (Å²) in [4.78, 5) is 6.90. The Hall–Kier alpha value is -2.17. The van der Waals surface area contributed by atoms with Crippen LogP contribution in [0.15, 0.2) is 30.5 Å². The van der Waals surface area contributed by atoms with Gasteiger partial charge >= 0.3 is 0 Å². The van der Waals surface area contributed by atoms with Crippen molar-refractivity contribution in [2.45, 2.75) is 39.0 Å². The van der Waals surface area contributed by atoms with Gasteiger partial charge in [-0.1, -0.05) is 38.0 Å². The van der Waals surface area contributed by atoms with Gasteiger partial charge in [0.1, 0.15) is 0 Å². The van der Waals surface area contributed by atoms with Crippen molar-refractivity contribution in [2.24, 2.45) is 0 Å². The zero-order valence-corrected chi connectivity index (χ0v) is 13.1. The van der Waals surface area contributed by atoms with Gasteiger partial charge in [0.15, 0.2) is 5.82 Å². The van der Waals surface area contributed by atoms with Gasteiger partial charge in [-0.15, -0.1) is 5.10 Å². The van der Waals surface area contributed by atoms with Crippen molar-refractivity contribution in [1.29, 1.82) is 0 Å². The summed E-state index contributed by atoms with van der Waals surface area (Å²) in [7, 11) is 0. The second-order valence-electron chi connectivity index (χ2n) is 5.68. The second-order valence-corrected chi connectivity index (χ2v) is 5.68. The van der Waals surface area contributed by atoms with Crippen LogP contribution >= 0.6 is 0 Å². The molecule has 0 saturated carbocycles. The van der Waals surface area contributed by atoms with Crippen LogP contribution in [-0.4, -0.2) is 28.3 Å². The summed E-state index contributed by atoms with van der Waals surface area (Å²) in [6, 6.07) is 8.30. The Morgan fingerprint density at radius 1 is 1.09 bits per heavy atom. The summed E-state index contributed by atoms with van der Waals surface area (Å²) in [6.45, 7) is 4.20. The minimum absolute atomic E-state index is 0.737. The largest absolute Gasteiger partial charge is 0.339 e. The molecule has 5 heteroatoms. The molecule has 0 bridgehead atoms. The van der Waals surface area contributed by atoms with Crippen LogP contribution < -0.4 is 10.2 Å². The predicted molar refractivity (Wildman–Crippen MR) is 89.6 cm³/mol. The molecule has 2 heterocycles. The minimum atomic E-state index is 0.737. The van der Waals surface area contributed by atoms with E-state index in [0.29, 0.717) is 0 Å². The first-order valence-electron chi connectivity index (χ1n) is 8.16. The summed E-state index contributed by atoms with van der Waals surface area (Å²) >= 11 is 0. The number of nitrogens with one attached hydrogen (secondary N) is 1. The van der Waals surface area contributed by atoms with Crippen LogP contribution in [0, 0.1) is 0 Å². The highest BCUT2D eigenvalue weighted by Crippen LogP contribution is 2.21. The molecule has 5 nitrogen and oxygen atoms in total. The van der Waals surface area contributed by atoms with Crippen molar-refractivity contribution in [3.63, 3.8) is 0 Å². The fourth-order valence-corrected chi connectivity index (χ4v) is 2.85. The number of aryl methyl sites for hydroxylation is 1. The van der Waals surface area contributed by atoms with Crippen LogP contribution in [0.2, 0.25) is 0 Å². The average molecular weight is 297 g/mol. The predicted octanol–water partition coefficient (Wildman–Crippen LogP) is 3.56. The smallest absolute Gasteiger partial charge is 0.247 e. The van der Waals surface area contributed by atoms with E-state index >= 15 is 0 Å². The lowest BCUT2D eigenvalue weighted by Crippen LogP contribution is -2.26. The summed E-state index contributed by atoms with van der Waals surface area (Å²) in [5.41, 5.74) is 2.37. The van der Waals surface area contributed by atoms with Crippen molar-refractivity contribution in [3.8, 4) is 0 Å². The highest BCUT2D eigenvalue weighted by Gasteiger charge is 2.13. The van der Waals surface area contributed by atoms with Crippen molar-refractivity contribution in [2.75, 3.05) is 23.3 Å². The molecular weight excluding hydrogens is 274 g/mol. The van der Waals surface area contributed by atoms with Gasteiger partial charge in [-0.3, -0.25) is 0 Å². The zero-order chi connectivity index (χ0) is 15.2. The standard InChI is InChI=1S/C17H23N5/c1-2-14-9-5-6-10-15(14)19-16-13-18-21-17(20-16)22-11-7-3-4-8-12-22/h5-6,9-10,13H,2-4,7-8,11-12H2,1H3,(H,19,20,21). The molecule has 1 fully saturated rings. The van der Waals surface area contributed by atoms with Gasteiger partial charge < -0.3 is 10.2 Å². The van der Waals surface area contributed by atoms with E-state index < -0.39 is 0 Å². The highest BCUT2D eigenvalue weighted by atomic mass is 15.3. The molecule has 1 aromatic heterocycles. The fraction of sp³-hybridized carbons (Fsp3) is 0.471. The van der Waals surface area contributed by atoms with Crippen molar-refractivity contribution in [1.82, 2.24) is 15.2 Å².